The number of hydrogen-bond acceptors (Lipinski definition) is 4. The van der Waals surface area contributed by atoms with Crippen LogP contribution in [0.2, 0.25) is 0 Å². The molecule has 6 nitrogen and oxygen atoms in total. The molecule has 1 fully saturated rings. The summed E-state index contributed by atoms with van der Waals surface area (Å²) in [6.45, 7) is 0.146. The first-order valence-electron chi connectivity index (χ1n) is 5.27. The van der Waals surface area contributed by atoms with Crippen LogP contribution in [-0.4, -0.2) is 28.5 Å². The zero-order valence-corrected chi connectivity index (χ0v) is 9.14. The van der Waals surface area contributed by atoms with Crippen LogP contribution >= 0.6 is 0 Å². The van der Waals surface area contributed by atoms with Gasteiger partial charge in [0.25, 0.3) is 5.91 Å². The molecule has 0 unspecified atom stereocenters. The number of nitrogen functional groups attached to an aromatic ring is 1. The van der Waals surface area contributed by atoms with Gasteiger partial charge in [-0.25, -0.2) is 4.98 Å². The number of nitrogens with two attached hydrogens (primary N) is 1. The SMILES string of the molecule is Nc1ccc(C(=O)NCC2(C(=O)O)CC2)nc1. The maximum atomic E-state index is 11.6. The van der Waals surface area contributed by atoms with Crippen molar-refractivity contribution < 1.29 is 14.7 Å². The summed E-state index contributed by atoms with van der Waals surface area (Å²) in [5.74, 6) is -1.24. The number of aromatic nitrogens is 1. The predicted molar refractivity (Wildman–Crippen MR) is 60.3 cm³/mol. The van der Waals surface area contributed by atoms with Crippen LogP contribution in [0.5, 0.6) is 0 Å². The molecule has 0 bridgehead atoms. The van der Waals surface area contributed by atoms with Gasteiger partial charge in [0.05, 0.1) is 17.3 Å². The topological polar surface area (TPSA) is 105 Å². The van der Waals surface area contributed by atoms with Crippen LogP contribution in [0.25, 0.3) is 0 Å². The fourth-order valence-electron chi connectivity index (χ4n) is 1.50. The van der Waals surface area contributed by atoms with Crippen molar-refractivity contribution in [3.05, 3.63) is 24.0 Å². The molecule has 0 radical (unpaired) electrons. The average Bonchev–Trinajstić information content (AvgIpc) is 3.08. The zero-order chi connectivity index (χ0) is 12.5. The summed E-state index contributed by atoms with van der Waals surface area (Å²) in [6.07, 6.45) is 2.61. The highest BCUT2D eigenvalue weighted by atomic mass is 16.4. The van der Waals surface area contributed by atoms with Crippen molar-refractivity contribution in [2.24, 2.45) is 5.41 Å². The van der Waals surface area contributed by atoms with E-state index in [-0.39, 0.29) is 18.1 Å². The van der Waals surface area contributed by atoms with E-state index in [4.69, 9.17) is 10.8 Å². The molecule has 0 atom stereocenters. The van der Waals surface area contributed by atoms with Crippen molar-refractivity contribution in [1.29, 1.82) is 0 Å². The molecule has 1 heterocycles. The third-order valence-electron chi connectivity index (χ3n) is 2.91. The Morgan fingerprint density at radius 3 is 2.65 bits per heavy atom. The summed E-state index contributed by atoms with van der Waals surface area (Å²) in [7, 11) is 0. The van der Waals surface area contributed by atoms with Crippen LogP contribution in [0, 0.1) is 5.41 Å². The molecule has 2 rings (SSSR count). The Morgan fingerprint density at radius 1 is 1.47 bits per heavy atom. The molecule has 1 saturated carbocycles. The van der Waals surface area contributed by atoms with E-state index < -0.39 is 11.4 Å². The Labute approximate surface area is 97.8 Å². The van der Waals surface area contributed by atoms with Gasteiger partial charge in [-0.2, -0.15) is 0 Å². The van der Waals surface area contributed by atoms with Crippen molar-refractivity contribution >= 4 is 17.6 Å². The number of nitrogens with one attached hydrogen (secondary N) is 1. The van der Waals surface area contributed by atoms with Crippen LogP contribution in [0.15, 0.2) is 18.3 Å². The molecule has 17 heavy (non-hydrogen) atoms. The molecular weight excluding hydrogens is 222 g/mol. The largest absolute Gasteiger partial charge is 0.481 e. The first-order chi connectivity index (χ1) is 8.03. The number of carboxylic acid groups (broad SMARTS) is 1. The number of nitrogens with zero attached hydrogens (tertiary/aromatic N) is 1. The van der Waals surface area contributed by atoms with Crippen molar-refractivity contribution in [3.8, 4) is 0 Å². The molecule has 4 N–H and O–H groups in total. The second-order valence-corrected chi connectivity index (χ2v) is 4.24. The number of carbonyl (C=O) groups excluding carboxylic acids is 1. The van der Waals surface area contributed by atoms with Gasteiger partial charge < -0.3 is 16.2 Å². The predicted octanol–water partition coefficient (Wildman–Crippen LogP) is 0.258. The minimum absolute atomic E-state index is 0.146. The number of pyridine rings is 1. The maximum Gasteiger partial charge on any atom is 0.311 e. The first-order valence-corrected chi connectivity index (χ1v) is 5.27. The van der Waals surface area contributed by atoms with Gasteiger partial charge in [0.15, 0.2) is 0 Å². The lowest BCUT2D eigenvalue weighted by molar-refractivity contribution is -0.143. The second-order valence-electron chi connectivity index (χ2n) is 4.24. The lowest BCUT2D eigenvalue weighted by Crippen LogP contribution is -2.34. The Kier molecular flexibility index (Phi) is 2.71. The quantitative estimate of drug-likeness (QED) is 0.694. The number of amides is 1. The number of carbonyl (C=O) groups is 2. The van der Waals surface area contributed by atoms with E-state index in [0.29, 0.717) is 18.5 Å². The third kappa shape index (κ3) is 2.35. The number of carboxylic acids is 1. The molecular formula is C11H13N3O3. The van der Waals surface area contributed by atoms with Gasteiger partial charge in [0.1, 0.15) is 5.69 Å². The molecule has 0 aromatic carbocycles. The highest BCUT2D eigenvalue weighted by Crippen LogP contribution is 2.45. The van der Waals surface area contributed by atoms with Crippen LogP contribution in [0.3, 0.4) is 0 Å². The molecule has 1 amide bonds. The minimum atomic E-state index is -0.858. The minimum Gasteiger partial charge on any atom is -0.481 e. The number of hydrogen-bond donors (Lipinski definition) is 3. The molecule has 0 spiro atoms. The highest BCUT2D eigenvalue weighted by Gasteiger charge is 2.50. The molecule has 90 valence electrons. The standard InChI is InChI=1S/C11H13N3O3/c12-7-1-2-8(13-5-7)9(15)14-6-11(3-4-11)10(16)17/h1-2,5H,3-4,6,12H2,(H,14,15)(H,16,17). The maximum absolute atomic E-state index is 11.6. The molecule has 1 aromatic heterocycles. The Morgan fingerprint density at radius 2 is 2.18 bits per heavy atom. The van der Waals surface area contributed by atoms with Gasteiger partial charge in [-0.1, -0.05) is 0 Å². The molecule has 0 aliphatic heterocycles. The number of aliphatic carboxylic acids is 1. The molecule has 1 aliphatic carbocycles. The van der Waals surface area contributed by atoms with E-state index in [0.717, 1.165) is 0 Å². The zero-order valence-electron chi connectivity index (χ0n) is 9.14. The lowest BCUT2D eigenvalue weighted by atomic mass is 10.1. The fraction of sp³-hybridized carbons (Fsp3) is 0.364. The summed E-state index contributed by atoms with van der Waals surface area (Å²) in [4.78, 5) is 26.4. The van der Waals surface area contributed by atoms with Crippen LogP contribution in [-0.2, 0) is 4.79 Å². The monoisotopic (exact) mass is 235 g/mol. The van der Waals surface area contributed by atoms with E-state index in [9.17, 15) is 9.59 Å². The number of anilines is 1. The molecule has 1 aromatic rings. The highest BCUT2D eigenvalue weighted by molar-refractivity contribution is 5.93. The summed E-state index contributed by atoms with van der Waals surface area (Å²) < 4.78 is 0. The molecule has 6 heteroatoms. The smallest absolute Gasteiger partial charge is 0.311 e. The van der Waals surface area contributed by atoms with Crippen LogP contribution < -0.4 is 11.1 Å². The third-order valence-corrected chi connectivity index (χ3v) is 2.91. The lowest BCUT2D eigenvalue weighted by Gasteiger charge is -2.10. The Bertz CT molecular complexity index is 452. The van der Waals surface area contributed by atoms with Crippen molar-refractivity contribution in [3.63, 3.8) is 0 Å². The second kappa shape index (κ2) is 4.04. The van der Waals surface area contributed by atoms with Gasteiger partial charge >= 0.3 is 5.97 Å². The van der Waals surface area contributed by atoms with Gasteiger partial charge in [0.2, 0.25) is 0 Å². The summed E-state index contributed by atoms with van der Waals surface area (Å²) >= 11 is 0. The first kappa shape index (κ1) is 11.4. The van der Waals surface area contributed by atoms with Gasteiger partial charge in [0, 0.05) is 6.54 Å². The van der Waals surface area contributed by atoms with E-state index in [1.54, 1.807) is 6.07 Å². The van der Waals surface area contributed by atoms with Crippen molar-refractivity contribution in [2.45, 2.75) is 12.8 Å². The fourth-order valence-corrected chi connectivity index (χ4v) is 1.50. The summed E-state index contributed by atoms with van der Waals surface area (Å²) in [5.41, 5.74) is 5.40. The summed E-state index contributed by atoms with van der Waals surface area (Å²) in [6, 6.07) is 3.08. The van der Waals surface area contributed by atoms with E-state index in [2.05, 4.69) is 10.3 Å². The Balaban J connectivity index is 1.94. The average molecular weight is 235 g/mol. The Hall–Kier alpha value is -2.11. The summed E-state index contributed by atoms with van der Waals surface area (Å²) in [5, 5.41) is 11.5. The van der Waals surface area contributed by atoms with E-state index >= 15 is 0 Å². The molecule has 0 saturated heterocycles. The van der Waals surface area contributed by atoms with E-state index in [1.165, 1.54) is 12.3 Å². The normalized spacial score (nSPS) is 16.2. The van der Waals surface area contributed by atoms with Crippen molar-refractivity contribution in [2.75, 3.05) is 12.3 Å². The van der Waals surface area contributed by atoms with E-state index in [1.807, 2.05) is 0 Å². The van der Waals surface area contributed by atoms with Crippen molar-refractivity contribution in [1.82, 2.24) is 10.3 Å². The van der Waals surface area contributed by atoms with Crippen LogP contribution in [0.1, 0.15) is 23.3 Å². The van der Waals surface area contributed by atoms with Gasteiger partial charge in [-0.05, 0) is 25.0 Å². The number of rotatable bonds is 4. The van der Waals surface area contributed by atoms with Gasteiger partial charge in [-0.3, -0.25) is 9.59 Å². The molecule has 1 aliphatic rings. The van der Waals surface area contributed by atoms with Crippen LogP contribution in [0.4, 0.5) is 5.69 Å². The van der Waals surface area contributed by atoms with Gasteiger partial charge in [-0.15, -0.1) is 0 Å².